The lowest BCUT2D eigenvalue weighted by atomic mass is 9.71. The maximum Gasteiger partial charge on any atom is 0.248 e. The van der Waals surface area contributed by atoms with Gasteiger partial charge in [0.15, 0.2) is 0 Å². The van der Waals surface area contributed by atoms with Crippen LogP contribution >= 0.6 is 22.9 Å². The maximum absolute atomic E-state index is 14.2. The summed E-state index contributed by atoms with van der Waals surface area (Å²) in [7, 11) is 0. The number of anilines is 1. The fourth-order valence-corrected chi connectivity index (χ4v) is 12.1. The Morgan fingerprint density at radius 3 is 2.04 bits per heavy atom. The second-order valence-electron chi connectivity index (χ2n) is 23.2. The van der Waals surface area contributed by atoms with Crippen LogP contribution in [-0.2, 0) is 19.2 Å². The molecule has 14 nitrogen and oxygen atoms in total. The van der Waals surface area contributed by atoms with Crippen LogP contribution in [0.2, 0.25) is 5.02 Å². The molecule has 2 saturated heterocycles. The normalized spacial score (nSPS) is 19.9. The Morgan fingerprint density at radius 2 is 1.44 bits per heavy atom. The number of halogens is 1. The van der Waals surface area contributed by atoms with Crippen molar-refractivity contribution in [3.05, 3.63) is 111 Å². The number of β-amino-alcohol motifs (C(OH)–C–C–N with tert-alkyl or cyclic N) is 1. The molecular weight excluding hydrogens is 1010 g/mol. The molecule has 5 amide bonds. The number of unbranched alkanes of at least 4 members (excludes halogenated alkanes) is 7. The molecule has 2 fully saturated rings. The Kier molecular flexibility index (Phi) is 21.0. The highest BCUT2D eigenvalue weighted by molar-refractivity contribution is 7.13. The average Bonchev–Trinajstić information content (AvgIpc) is 4.06. The molecule has 0 spiro atoms. The number of primary amides is 1. The predicted octanol–water partition coefficient (Wildman–Crippen LogP) is 10.0. The third-order valence-electron chi connectivity index (χ3n) is 15.9. The number of thiazole rings is 1. The van der Waals surface area contributed by atoms with E-state index in [0.717, 1.165) is 129 Å². The van der Waals surface area contributed by atoms with E-state index in [0.29, 0.717) is 31.4 Å². The van der Waals surface area contributed by atoms with Crippen molar-refractivity contribution >= 4 is 63.7 Å². The van der Waals surface area contributed by atoms with Gasteiger partial charge in [0.2, 0.25) is 29.5 Å². The number of hydrogen-bond acceptors (Lipinski definition) is 10. The van der Waals surface area contributed by atoms with E-state index in [1.807, 2.05) is 88.7 Å². The average molecular weight is 1090 g/mol. The first-order chi connectivity index (χ1) is 36.8. The van der Waals surface area contributed by atoms with Crippen molar-refractivity contribution in [1.29, 1.82) is 0 Å². The van der Waals surface area contributed by atoms with Crippen LogP contribution < -0.4 is 26.6 Å². The zero-order valence-corrected chi connectivity index (χ0v) is 47.9. The molecule has 4 aromatic rings. The number of aryl methyl sites for hydroxylation is 1. The number of amides is 5. The summed E-state index contributed by atoms with van der Waals surface area (Å²) in [6.45, 7) is 17.1. The van der Waals surface area contributed by atoms with Gasteiger partial charge in [-0.3, -0.25) is 28.9 Å². The number of hydrogen-bond donors (Lipinski definition) is 5. The van der Waals surface area contributed by atoms with Gasteiger partial charge in [0.25, 0.3) is 0 Å². The van der Waals surface area contributed by atoms with Crippen molar-refractivity contribution in [2.45, 2.75) is 156 Å². The molecule has 6 N–H and O–H groups in total. The Balaban J connectivity index is 0.775. The molecule has 2 aliphatic heterocycles. The van der Waals surface area contributed by atoms with E-state index < -0.39 is 29.5 Å². The molecule has 1 unspecified atom stereocenters. The van der Waals surface area contributed by atoms with Gasteiger partial charge in [-0.2, -0.15) is 0 Å². The fraction of sp³-hybridized carbons (Fsp3) is 0.541. The number of rotatable bonds is 24. The largest absolute Gasteiger partial charge is 0.391 e. The van der Waals surface area contributed by atoms with Gasteiger partial charge >= 0.3 is 0 Å². The van der Waals surface area contributed by atoms with Gasteiger partial charge < -0.3 is 36.6 Å². The van der Waals surface area contributed by atoms with E-state index >= 15 is 0 Å². The van der Waals surface area contributed by atoms with E-state index in [2.05, 4.69) is 49.8 Å². The minimum atomic E-state index is -0.861. The molecule has 416 valence electrons. The highest BCUT2D eigenvalue weighted by Crippen LogP contribution is 2.43. The lowest BCUT2D eigenvalue weighted by Crippen LogP contribution is -2.57. The topological polar surface area (TPSA) is 190 Å². The van der Waals surface area contributed by atoms with E-state index in [1.165, 1.54) is 21.6 Å². The molecule has 1 aliphatic carbocycles. The first kappa shape index (κ1) is 59.1. The Bertz CT molecular complexity index is 2660. The number of nitrogens with two attached hydrogens (primary N) is 1. The maximum atomic E-state index is 14.2. The molecule has 0 saturated carbocycles. The van der Waals surface area contributed by atoms with Crippen LogP contribution in [0.4, 0.5) is 5.69 Å². The van der Waals surface area contributed by atoms with Crippen LogP contribution in [-0.4, -0.2) is 113 Å². The Labute approximate surface area is 466 Å². The minimum absolute atomic E-state index is 0.0256. The summed E-state index contributed by atoms with van der Waals surface area (Å²) in [6.07, 6.45) is 10.6. The quantitative estimate of drug-likeness (QED) is 0.0425. The van der Waals surface area contributed by atoms with Gasteiger partial charge in [-0.05, 0) is 115 Å². The summed E-state index contributed by atoms with van der Waals surface area (Å²) >= 11 is 7.88. The van der Waals surface area contributed by atoms with E-state index in [9.17, 15) is 29.1 Å². The van der Waals surface area contributed by atoms with Crippen molar-refractivity contribution in [3.8, 4) is 10.4 Å². The van der Waals surface area contributed by atoms with Gasteiger partial charge in [0, 0.05) is 81.3 Å². The number of nitrogens with one attached hydrogen (secondary N) is 3. The molecule has 3 heterocycles. The zero-order chi connectivity index (χ0) is 55.3. The smallest absolute Gasteiger partial charge is 0.248 e. The molecule has 77 heavy (non-hydrogen) atoms. The van der Waals surface area contributed by atoms with Gasteiger partial charge in [-0.15, -0.1) is 11.3 Å². The Hall–Kier alpha value is -5.61. The molecule has 3 aromatic carbocycles. The number of piperazine rings is 1. The van der Waals surface area contributed by atoms with Gasteiger partial charge in [-0.25, -0.2) is 4.98 Å². The molecule has 16 heteroatoms. The second-order valence-corrected chi connectivity index (χ2v) is 24.5. The summed E-state index contributed by atoms with van der Waals surface area (Å²) in [5.74, 6) is -1.20. The number of benzene rings is 3. The monoisotopic (exact) mass is 1090 g/mol. The van der Waals surface area contributed by atoms with Crippen LogP contribution in [0.3, 0.4) is 0 Å². The van der Waals surface area contributed by atoms with Crippen molar-refractivity contribution in [3.63, 3.8) is 0 Å². The molecule has 1 aromatic heterocycles. The van der Waals surface area contributed by atoms with E-state index in [-0.39, 0.29) is 48.1 Å². The summed E-state index contributed by atoms with van der Waals surface area (Å²) < 4.78 is 0. The molecule has 0 radical (unpaired) electrons. The van der Waals surface area contributed by atoms with Crippen molar-refractivity contribution in [1.82, 2.24) is 30.7 Å². The zero-order valence-electron chi connectivity index (χ0n) is 46.3. The van der Waals surface area contributed by atoms with Crippen LogP contribution in [0.15, 0.2) is 83.9 Å². The van der Waals surface area contributed by atoms with E-state index in [1.54, 1.807) is 23.5 Å². The third kappa shape index (κ3) is 16.7. The predicted molar refractivity (Wildman–Crippen MR) is 309 cm³/mol. The lowest BCUT2D eigenvalue weighted by molar-refractivity contribution is -0.144. The molecule has 0 bridgehead atoms. The number of nitrogens with zero attached hydrogens (tertiary/aromatic N) is 4. The summed E-state index contributed by atoms with van der Waals surface area (Å²) in [5.41, 5.74) is 15.2. The lowest BCUT2D eigenvalue weighted by Gasteiger charge is -2.41. The van der Waals surface area contributed by atoms with Gasteiger partial charge in [0.1, 0.15) is 12.1 Å². The van der Waals surface area contributed by atoms with Gasteiger partial charge in [-0.1, -0.05) is 120 Å². The highest BCUT2D eigenvalue weighted by Gasteiger charge is 2.45. The minimum Gasteiger partial charge on any atom is -0.391 e. The highest BCUT2D eigenvalue weighted by atomic mass is 35.5. The van der Waals surface area contributed by atoms with Crippen LogP contribution in [0.5, 0.6) is 0 Å². The molecular formula is C61H83ClN8O6S. The SMILES string of the molecule is Cc1ncsc1-c1ccc([C@H](C)NC(=O)[C@@H]2C[C@@H](O)CN2C(=O)[C@@H](NC(=O)CCCCCCCCCCC(=O)NCC2(C)CCC(c3ccc(Cl)cc3)=C(CN3CCN(c4ccc(C(N)=O)cc4)CC3)C2)C(C)(C)C)cc1. The van der Waals surface area contributed by atoms with E-state index in [4.69, 9.17) is 17.3 Å². The number of carbonyl (C=O) groups is 5. The molecule has 5 atom stereocenters. The second kappa shape index (κ2) is 27.3. The Morgan fingerprint density at radius 1 is 0.831 bits per heavy atom. The van der Waals surface area contributed by atoms with Crippen molar-refractivity contribution in [2.24, 2.45) is 16.6 Å². The number of aliphatic hydroxyl groups is 1. The summed E-state index contributed by atoms with van der Waals surface area (Å²) in [6, 6.07) is 21.7. The summed E-state index contributed by atoms with van der Waals surface area (Å²) in [4.78, 5) is 77.7. The van der Waals surface area contributed by atoms with Crippen LogP contribution in [0.25, 0.3) is 16.0 Å². The standard InChI is InChI=1S/C61H83ClN8O6S/c1-41(43-17-19-45(20-18-43)55-42(2)65-40-77-55)66-58(75)52-35-50(71)38-70(52)59(76)56(60(3,4)5)67-54(73)16-14-12-10-8-7-9-11-13-15-53(72)64-39-61(6)30-29-51(44-21-25-48(62)26-22-44)47(36-61)37-68-31-33-69(34-32-68)49-27-23-46(24-28-49)57(63)74/h17-28,40-41,50,52,56,71H,7-16,29-39H2,1-6H3,(H2,63,74)(H,64,72)(H,66,75)(H,67,73)/t41-,50+,52-,56+,61?/m0/s1. The number of aromatic nitrogens is 1. The van der Waals surface area contributed by atoms with Crippen LogP contribution in [0, 0.1) is 17.8 Å². The number of carbonyl (C=O) groups excluding carboxylic acids is 5. The first-order valence-corrected chi connectivity index (χ1v) is 29.2. The van der Waals surface area contributed by atoms with Crippen molar-refractivity contribution < 1.29 is 29.1 Å². The van der Waals surface area contributed by atoms with Gasteiger partial charge in [0.05, 0.1) is 28.2 Å². The number of allylic oxidation sites excluding steroid dienone is 1. The third-order valence-corrected chi connectivity index (χ3v) is 17.1. The van der Waals surface area contributed by atoms with Crippen molar-refractivity contribution in [2.75, 3.05) is 50.7 Å². The fourth-order valence-electron chi connectivity index (χ4n) is 11.2. The number of likely N-dealkylation sites (tertiary alicyclic amines) is 1. The number of aliphatic hydroxyl groups excluding tert-OH is 1. The van der Waals surface area contributed by atoms with Crippen LogP contribution in [0.1, 0.15) is 158 Å². The first-order valence-electron chi connectivity index (χ1n) is 28.0. The summed E-state index contributed by atoms with van der Waals surface area (Å²) in [5, 5.41) is 20.8. The molecule has 3 aliphatic rings. The molecule has 7 rings (SSSR count).